The number of nitrogens with two attached hydrogens (primary N) is 1. The SMILES string of the molecule is COc1c(CN2O[C@@H](CO)[C@@H]([C@H](C)O)[C@H]2C(=O)NC2C[C@H]3C[C@@H]([C@@H]2C)C3(C)C)cccc1-c1cc(C(=O)NCCc2cccc(N)c2)cc(N(C)C)c1. The number of aliphatic hydroxyl groups is 2. The van der Waals surface area contributed by atoms with Crippen molar-refractivity contribution in [1.29, 1.82) is 0 Å². The van der Waals surface area contributed by atoms with Crippen molar-refractivity contribution in [3.05, 3.63) is 77.4 Å². The first kappa shape index (κ1) is 38.6. The quantitative estimate of drug-likeness (QED) is 0.159. The Morgan fingerprint density at radius 3 is 2.51 bits per heavy atom. The number of carbonyl (C=O) groups excluding carboxylic acids is 2. The number of methoxy groups -OCH3 is 1. The number of ether oxygens (including phenoxy) is 1. The third-order valence-corrected chi connectivity index (χ3v) is 12.3. The number of anilines is 2. The van der Waals surface area contributed by atoms with Gasteiger partial charge in [0.2, 0.25) is 5.91 Å². The van der Waals surface area contributed by atoms with Crippen LogP contribution in [-0.4, -0.2) is 85.7 Å². The van der Waals surface area contributed by atoms with Crippen LogP contribution in [0.4, 0.5) is 11.4 Å². The van der Waals surface area contributed by atoms with Crippen molar-refractivity contribution in [1.82, 2.24) is 15.7 Å². The number of rotatable bonds is 13. The number of nitrogens with zero attached hydrogens (tertiary/aromatic N) is 2. The number of carbonyl (C=O) groups is 2. The minimum atomic E-state index is -0.901. The van der Waals surface area contributed by atoms with E-state index in [1.807, 2.05) is 79.7 Å². The van der Waals surface area contributed by atoms with Crippen LogP contribution in [0.5, 0.6) is 5.75 Å². The second-order valence-corrected chi connectivity index (χ2v) is 16.1. The average molecular weight is 728 g/mol. The standard InChI is InChI=1S/C42H57N5O6/c1-24-34-20-30(42(34,3)4)21-35(24)45-41(51)38-37(25(2)49)36(23-48)53-47(38)22-27-11-9-13-33(39(27)52-7)28-17-29(19-32(18-28)46(5)6)40(50)44-15-14-26-10-8-12-31(43)16-26/h8-13,16-19,24-25,30,34-38,48-49H,14-15,20-23,43H2,1-7H3,(H,44,50)(H,45,51)/t24-,25-,30+,34-,35?,36-,37+,38-/m0/s1. The average Bonchev–Trinajstić information content (AvgIpc) is 3.50. The van der Waals surface area contributed by atoms with E-state index in [0.717, 1.165) is 34.4 Å². The molecule has 0 aromatic heterocycles. The molecule has 53 heavy (non-hydrogen) atoms. The van der Waals surface area contributed by atoms with Gasteiger partial charge in [-0.05, 0) is 90.8 Å². The minimum absolute atomic E-state index is 0.0364. The highest BCUT2D eigenvalue weighted by Crippen LogP contribution is 2.61. The first-order valence-electron chi connectivity index (χ1n) is 18.9. The van der Waals surface area contributed by atoms with Crippen molar-refractivity contribution >= 4 is 23.2 Å². The number of fused-ring (bicyclic) bond motifs is 2. The maximum absolute atomic E-state index is 14.2. The van der Waals surface area contributed by atoms with Crippen molar-refractivity contribution in [3.8, 4) is 16.9 Å². The lowest BCUT2D eigenvalue weighted by Gasteiger charge is -2.62. The van der Waals surface area contributed by atoms with E-state index in [4.69, 9.17) is 15.3 Å². The highest BCUT2D eigenvalue weighted by molar-refractivity contribution is 5.97. The smallest absolute Gasteiger partial charge is 0.251 e. The van der Waals surface area contributed by atoms with Gasteiger partial charge in [-0.3, -0.25) is 14.4 Å². The Labute approximate surface area is 313 Å². The Morgan fingerprint density at radius 2 is 1.87 bits per heavy atom. The maximum atomic E-state index is 14.2. The molecule has 0 radical (unpaired) electrons. The summed E-state index contributed by atoms with van der Waals surface area (Å²) < 4.78 is 6.05. The van der Waals surface area contributed by atoms with Crippen LogP contribution in [0.3, 0.4) is 0 Å². The summed E-state index contributed by atoms with van der Waals surface area (Å²) in [7, 11) is 5.46. The summed E-state index contributed by atoms with van der Waals surface area (Å²) in [6.07, 6.45) is 1.12. The molecule has 11 nitrogen and oxygen atoms in total. The molecule has 6 N–H and O–H groups in total. The van der Waals surface area contributed by atoms with Gasteiger partial charge in [0.15, 0.2) is 0 Å². The zero-order valence-electron chi connectivity index (χ0n) is 32.1. The van der Waals surface area contributed by atoms with Gasteiger partial charge in [-0.2, -0.15) is 5.06 Å². The van der Waals surface area contributed by atoms with Gasteiger partial charge < -0.3 is 36.2 Å². The summed E-state index contributed by atoms with van der Waals surface area (Å²) in [5.41, 5.74) is 11.6. The lowest BCUT2D eigenvalue weighted by atomic mass is 9.45. The van der Waals surface area contributed by atoms with Gasteiger partial charge in [0, 0.05) is 60.7 Å². The summed E-state index contributed by atoms with van der Waals surface area (Å²) in [5, 5.41) is 29.2. The Bertz CT molecular complexity index is 1800. The van der Waals surface area contributed by atoms with Gasteiger partial charge in [-0.25, -0.2) is 0 Å². The van der Waals surface area contributed by atoms with Crippen molar-refractivity contribution in [2.45, 2.75) is 77.8 Å². The first-order chi connectivity index (χ1) is 25.2. The first-order valence-corrected chi connectivity index (χ1v) is 18.9. The molecular weight excluding hydrogens is 670 g/mol. The van der Waals surface area contributed by atoms with Gasteiger partial charge in [0.25, 0.3) is 5.91 Å². The molecule has 2 amide bonds. The molecule has 1 aliphatic heterocycles. The van der Waals surface area contributed by atoms with Gasteiger partial charge in [-0.15, -0.1) is 0 Å². The zero-order chi connectivity index (χ0) is 38.2. The second kappa shape index (κ2) is 15.7. The third-order valence-electron chi connectivity index (χ3n) is 12.3. The molecule has 8 atom stereocenters. The summed E-state index contributed by atoms with van der Waals surface area (Å²) in [6.45, 7) is 8.82. The van der Waals surface area contributed by atoms with Crippen molar-refractivity contribution in [2.24, 2.45) is 29.1 Å². The van der Waals surface area contributed by atoms with Crippen molar-refractivity contribution < 1.29 is 29.4 Å². The van der Waals surface area contributed by atoms with Crippen LogP contribution in [0.15, 0.2) is 60.7 Å². The summed E-state index contributed by atoms with van der Waals surface area (Å²) >= 11 is 0. The number of amides is 2. The number of hydroxylamine groups is 2. The molecule has 4 aliphatic rings. The number of nitrogen functional groups attached to an aromatic ring is 1. The Morgan fingerprint density at radius 1 is 1.11 bits per heavy atom. The van der Waals surface area contributed by atoms with Crippen molar-refractivity contribution in [2.75, 3.05) is 45.0 Å². The molecule has 286 valence electrons. The van der Waals surface area contributed by atoms with Crippen LogP contribution in [0.1, 0.15) is 62.0 Å². The van der Waals surface area contributed by atoms with E-state index in [2.05, 4.69) is 31.4 Å². The largest absolute Gasteiger partial charge is 0.496 e. The molecule has 1 heterocycles. The molecule has 3 aliphatic carbocycles. The fourth-order valence-electron chi connectivity index (χ4n) is 9.16. The van der Waals surface area contributed by atoms with E-state index in [1.54, 1.807) is 19.1 Å². The fourth-order valence-corrected chi connectivity index (χ4v) is 9.16. The zero-order valence-corrected chi connectivity index (χ0v) is 32.1. The molecule has 3 aromatic rings. The predicted molar refractivity (Wildman–Crippen MR) is 207 cm³/mol. The predicted octanol–water partition coefficient (Wildman–Crippen LogP) is 4.64. The van der Waals surface area contributed by atoms with Crippen LogP contribution in [0, 0.1) is 29.1 Å². The number of aliphatic hydroxyl groups excluding tert-OH is 2. The Balaban J connectivity index is 1.25. The number of benzene rings is 3. The molecule has 7 rings (SSSR count). The highest BCUT2D eigenvalue weighted by atomic mass is 16.7. The topological polar surface area (TPSA) is 150 Å². The van der Waals surface area contributed by atoms with Gasteiger partial charge in [-0.1, -0.05) is 51.1 Å². The molecule has 11 heteroatoms. The molecule has 2 bridgehead atoms. The molecule has 0 spiro atoms. The van der Waals surface area contributed by atoms with Gasteiger partial charge in [0.05, 0.1) is 26.4 Å². The highest BCUT2D eigenvalue weighted by Gasteiger charge is 2.57. The molecule has 3 aromatic carbocycles. The van der Waals surface area contributed by atoms with E-state index >= 15 is 0 Å². The van der Waals surface area contributed by atoms with Crippen LogP contribution >= 0.6 is 0 Å². The van der Waals surface area contributed by atoms with Gasteiger partial charge >= 0.3 is 0 Å². The number of hydrogen-bond donors (Lipinski definition) is 5. The van der Waals surface area contributed by atoms with Crippen LogP contribution < -0.4 is 26.0 Å². The normalized spacial score (nSPS) is 26.7. The lowest BCUT2D eigenvalue weighted by molar-refractivity contribution is -0.183. The fraction of sp³-hybridized carbons (Fsp3) is 0.524. The number of para-hydroxylation sites is 1. The monoisotopic (exact) mass is 727 g/mol. The molecule has 4 fully saturated rings. The van der Waals surface area contributed by atoms with Crippen LogP contribution in [0.25, 0.3) is 11.1 Å². The summed E-state index contributed by atoms with van der Waals surface area (Å²) in [4.78, 5) is 35.9. The molecular formula is C42H57N5O6. The number of nitrogens with one attached hydrogen (secondary N) is 2. The van der Waals surface area contributed by atoms with Crippen molar-refractivity contribution in [3.63, 3.8) is 0 Å². The van der Waals surface area contributed by atoms with Gasteiger partial charge in [0.1, 0.15) is 17.9 Å². The summed E-state index contributed by atoms with van der Waals surface area (Å²) in [5.74, 6) is 0.988. The van der Waals surface area contributed by atoms with Crippen LogP contribution in [-0.2, 0) is 22.6 Å². The Hall–Kier alpha value is -4.16. The molecule has 1 saturated heterocycles. The van der Waals surface area contributed by atoms with E-state index in [0.29, 0.717) is 47.7 Å². The lowest BCUT2D eigenvalue weighted by Crippen LogP contribution is -2.62. The van der Waals surface area contributed by atoms with E-state index in [1.165, 1.54) is 6.42 Å². The minimum Gasteiger partial charge on any atom is -0.496 e. The number of hydrogen-bond acceptors (Lipinski definition) is 9. The maximum Gasteiger partial charge on any atom is 0.251 e. The second-order valence-electron chi connectivity index (χ2n) is 16.1. The Kier molecular flexibility index (Phi) is 11.4. The third kappa shape index (κ3) is 7.76. The van der Waals surface area contributed by atoms with Crippen LogP contribution in [0.2, 0.25) is 0 Å². The molecule has 3 saturated carbocycles. The summed E-state index contributed by atoms with van der Waals surface area (Å²) in [6, 6.07) is 18.4. The molecule has 1 unspecified atom stereocenters. The van der Waals surface area contributed by atoms with E-state index in [9.17, 15) is 19.8 Å². The van der Waals surface area contributed by atoms with E-state index in [-0.39, 0.29) is 36.4 Å². The van der Waals surface area contributed by atoms with E-state index < -0.39 is 24.2 Å².